The smallest absolute Gasteiger partial charge is 0.185 e. The van der Waals surface area contributed by atoms with Gasteiger partial charge in [-0.1, -0.05) is 90.0 Å². The summed E-state index contributed by atoms with van der Waals surface area (Å²) in [5.41, 5.74) is 3.06. The van der Waals surface area contributed by atoms with Gasteiger partial charge in [-0.2, -0.15) is 0 Å². The van der Waals surface area contributed by atoms with Crippen LogP contribution in [0.3, 0.4) is 0 Å². The number of aryl methyl sites for hydroxylation is 1. The van der Waals surface area contributed by atoms with Crippen molar-refractivity contribution >= 4 is 40.7 Å². The first-order valence-electron chi connectivity index (χ1n) is 13.6. The van der Waals surface area contributed by atoms with Crippen molar-refractivity contribution in [2.75, 3.05) is 12.0 Å². The zero-order valence-electron chi connectivity index (χ0n) is 22.5. The van der Waals surface area contributed by atoms with Crippen LogP contribution in [0.25, 0.3) is 6.08 Å². The molecule has 1 spiro atoms. The number of halogens is 1. The Hall–Kier alpha value is -4.48. The minimum atomic E-state index is -1.56. The maximum absolute atomic E-state index is 14.7. The molecule has 4 aromatic rings. The molecule has 0 aromatic heterocycles. The Morgan fingerprint density at radius 1 is 0.878 bits per heavy atom. The van der Waals surface area contributed by atoms with Crippen LogP contribution in [-0.4, -0.2) is 36.5 Å². The van der Waals surface area contributed by atoms with Gasteiger partial charge >= 0.3 is 0 Å². The van der Waals surface area contributed by atoms with Crippen LogP contribution in [0, 0.1) is 12.3 Å². The molecule has 1 saturated heterocycles. The maximum atomic E-state index is 14.7. The number of rotatable bonds is 4. The van der Waals surface area contributed by atoms with Crippen molar-refractivity contribution in [1.82, 2.24) is 0 Å². The second-order valence-electron chi connectivity index (χ2n) is 10.9. The second kappa shape index (κ2) is 9.28. The summed E-state index contributed by atoms with van der Waals surface area (Å²) >= 11 is 6.37. The topological polar surface area (TPSA) is 63.7 Å². The standard InChI is InChI=1S/C35H26ClNO4/c1-20-10-12-21(13-11-20)32(38)31-30(23-6-5-7-25(19-23)41-2)35(33(39)26-8-3-4-9-27(26)34(35)40)29-17-14-22-18-24(36)15-16-28(22)37(29)31/h3-19,29-31H,1-2H3/t29?,30-,31+/m0/s1. The van der Waals surface area contributed by atoms with Gasteiger partial charge in [-0.15, -0.1) is 0 Å². The predicted octanol–water partition coefficient (Wildman–Crippen LogP) is 6.97. The number of methoxy groups -OCH3 is 1. The molecule has 0 bridgehead atoms. The summed E-state index contributed by atoms with van der Waals surface area (Å²) in [4.78, 5) is 46.1. The minimum absolute atomic E-state index is 0.160. The number of benzene rings is 4. The molecule has 0 saturated carbocycles. The van der Waals surface area contributed by atoms with E-state index >= 15 is 0 Å². The van der Waals surface area contributed by atoms with Crippen LogP contribution in [0.2, 0.25) is 5.02 Å². The number of carbonyl (C=O) groups is 3. The Bertz CT molecular complexity index is 1760. The number of Topliss-reactive ketones (excluding diaryl/α,β-unsaturated/α-hetero) is 3. The highest BCUT2D eigenvalue weighted by Crippen LogP contribution is 2.61. The Kier molecular flexibility index (Phi) is 5.77. The van der Waals surface area contributed by atoms with E-state index in [1.165, 1.54) is 0 Å². The van der Waals surface area contributed by atoms with Crippen molar-refractivity contribution < 1.29 is 19.1 Å². The molecule has 7 rings (SSSR count). The first-order valence-corrected chi connectivity index (χ1v) is 13.9. The fourth-order valence-electron chi connectivity index (χ4n) is 7.04. The molecule has 41 heavy (non-hydrogen) atoms. The zero-order chi connectivity index (χ0) is 28.5. The molecule has 4 aromatic carbocycles. The monoisotopic (exact) mass is 559 g/mol. The molecule has 5 nitrogen and oxygen atoms in total. The number of carbonyl (C=O) groups excluding carboxylic acids is 3. The number of hydrogen-bond donors (Lipinski definition) is 0. The number of fused-ring (bicyclic) bond motifs is 5. The Labute approximate surface area is 243 Å². The molecular formula is C35H26ClNO4. The molecule has 0 amide bonds. The fraction of sp³-hybridized carbons (Fsp3) is 0.171. The molecule has 3 aliphatic rings. The normalized spacial score (nSPS) is 21.5. The van der Waals surface area contributed by atoms with E-state index in [0.717, 1.165) is 16.8 Å². The summed E-state index contributed by atoms with van der Waals surface area (Å²) in [7, 11) is 1.58. The van der Waals surface area contributed by atoms with E-state index in [0.29, 0.717) is 33.0 Å². The SMILES string of the molecule is COc1cccc([C@H]2[C@H](C(=O)c3ccc(C)cc3)N3c4ccc(Cl)cc4C=CC3C23C(=O)c2ccccc2C3=O)c1. The quantitative estimate of drug-likeness (QED) is 0.199. The van der Waals surface area contributed by atoms with Gasteiger partial charge in [0.1, 0.15) is 17.2 Å². The van der Waals surface area contributed by atoms with Gasteiger partial charge in [-0.25, -0.2) is 0 Å². The Balaban J connectivity index is 1.55. The lowest BCUT2D eigenvalue weighted by Gasteiger charge is -2.37. The zero-order valence-corrected chi connectivity index (χ0v) is 23.3. The molecule has 0 N–H and O–H groups in total. The first-order chi connectivity index (χ1) is 19.9. The summed E-state index contributed by atoms with van der Waals surface area (Å²) in [6.07, 6.45) is 3.81. The molecule has 2 aliphatic heterocycles. The number of ether oxygens (including phenoxy) is 1. The van der Waals surface area contributed by atoms with Gasteiger partial charge in [0.05, 0.1) is 13.2 Å². The van der Waals surface area contributed by atoms with Gasteiger partial charge in [0.25, 0.3) is 0 Å². The molecular weight excluding hydrogens is 534 g/mol. The average molecular weight is 560 g/mol. The van der Waals surface area contributed by atoms with E-state index in [-0.39, 0.29) is 17.3 Å². The van der Waals surface area contributed by atoms with E-state index in [4.69, 9.17) is 16.3 Å². The Morgan fingerprint density at radius 3 is 2.27 bits per heavy atom. The Morgan fingerprint density at radius 2 is 1.59 bits per heavy atom. The van der Waals surface area contributed by atoms with Gasteiger partial charge < -0.3 is 9.64 Å². The molecule has 6 heteroatoms. The molecule has 1 aliphatic carbocycles. The van der Waals surface area contributed by atoms with Crippen molar-refractivity contribution in [1.29, 1.82) is 0 Å². The lowest BCUT2D eigenvalue weighted by atomic mass is 9.64. The highest BCUT2D eigenvalue weighted by Gasteiger charge is 2.71. The molecule has 202 valence electrons. The lowest BCUT2D eigenvalue weighted by molar-refractivity contribution is 0.0665. The second-order valence-corrected chi connectivity index (χ2v) is 11.4. The van der Waals surface area contributed by atoms with Crippen LogP contribution in [0.5, 0.6) is 5.75 Å². The van der Waals surface area contributed by atoms with Crippen LogP contribution in [0.1, 0.15) is 53.7 Å². The summed E-state index contributed by atoms with van der Waals surface area (Å²) in [6, 6.07) is 25.8. The third kappa shape index (κ3) is 3.52. The van der Waals surface area contributed by atoms with Gasteiger partial charge in [-0.05, 0) is 48.4 Å². The summed E-state index contributed by atoms with van der Waals surface area (Å²) in [5.74, 6) is -0.894. The van der Waals surface area contributed by atoms with Crippen molar-refractivity contribution in [3.8, 4) is 5.75 Å². The van der Waals surface area contributed by atoms with Crippen LogP contribution < -0.4 is 9.64 Å². The minimum Gasteiger partial charge on any atom is -0.497 e. The van der Waals surface area contributed by atoms with Crippen molar-refractivity contribution in [3.63, 3.8) is 0 Å². The van der Waals surface area contributed by atoms with Gasteiger partial charge in [0, 0.05) is 33.3 Å². The molecule has 1 fully saturated rings. The van der Waals surface area contributed by atoms with E-state index in [9.17, 15) is 14.4 Å². The number of nitrogens with zero attached hydrogens (tertiary/aromatic N) is 1. The van der Waals surface area contributed by atoms with E-state index in [1.54, 1.807) is 37.4 Å². The molecule has 3 atom stereocenters. The number of anilines is 1. The molecule has 0 radical (unpaired) electrons. The maximum Gasteiger partial charge on any atom is 0.185 e. The summed E-state index contributed by atoms with van der Waals surface area (Å²) < 4.78 is 5.57. The third-order valence-corrected chi connectivity index (χ3v) is 9.06. The van der Waals surface area contributed by atoms with Gasteiger partial charge in [0.2, 0.25) is 0 Å². The molecule has 2 heterocycles. The number of ketones is 3. The van der Waals surface area contributed by atoms with E-state index in [1.807, 2.05) is 84.6 Å². The van der Waals surface area contributed by atoms with E-state index in [2.05, 4.69) is 0 Å². The third-order valence-electron chi connectivity index (χ3n) is 8.82. The predicted molar refractivity (Wildman–Crippen MR) is 159 cm³/mol. The average Bonchev–Trinajstić information content (AvgIpc) is 3.43. The van der Waals surface area contributed by atoms with Gasteiger partial charge in [0.15, 0.2) is 17.3 Å². The fourth-order valence-corrected chi connectivity index (χ4v) is 7.22. The highest BCUT2D eigenvalue weighted by molar-refractivity contribution is 6.32. The van der Waals surface area contributed by atoms with Crippen LogP contribution in [0.4, 0.5) is 5.69 Å². The van der Waals surface area contributed by atoms with Crippen molar-refractivity contribution in [3.05, 3.63) is 135 Å². The summed E-state index contributed by atoms with van der Waals surface area (Å²) in [6.45, 7) is 1.97. The molecule has 1 unspecified atom stereocenters. The van der Waals surface area contributed by atoms with E-state index < -0.39 is 23.4 Å². The van der Waals surface area contributed by atoms with Gasteiger partial charge in [-0.3, -0.25) is 14.4 Å². The van der Waals surface area contributed by atoms with Crippen LogP contribution >= 0.6 is 11.6 Å². The van der Waals surface area contributed by atoms with Crippen molar-refractivity contribution in [2.24, 2.45) is 5.41 Å². The number of hydrogen-bond acceptors (Lipinski definition) is 5. The largest absolute Gasteiger partial charge is 0.497 e. The highest BCUT2D eigenvalue weighted by atomic mass is 35.5. The van der Waals surface area contributed by atoms with Crippen LogP contribution in [0.15, 0.2) is 97.1 Å². The lowest BCUT2D eigenvalue weighted by Crippen LogP contribution is -2.48. The summed E-state index contributed by atoms with van der Waals surface area (Å²) in [5, 5.41) is 0.562. The first kappa shape index (κ1) is 25.5. The van der Waals surface area contributed by atoms with Crippen LogP contribution in [-0.2, 0) is 0 Å². The van der Waals surface area contributed by atoms with Crippen molar-refractivity contribution in [2.45, 2.75) is 24.9 Å².